The lowest BCUT2D eigenvalue weighted by Gasteiger charge is -2.26. The van der Waals surface area contributed by atoms with Crippen LogP contribution in [0.15, 0.2) is 24.3 Å². The van der Waals surface area contributed by atoms with Crippen LogP contribution in [0.4, 0.5) is 0 Å². The van der Waals surface area contributed by atoms with Crippen LogP contribution in [0.25, 0.3) is 0 Å². The normalized spacial score (nSPS) is 14.3. The maximum absolute atomic E-state index is 12.2. The summed E-state index contributed by atoms with van der Waals surface area (Å²) in [6.45, 7) is 0.236. The number of carbonyl (C=O) groups is 3. The molecule has 1 aliphatic rings. The van der Waals surface area contributed by atoms with Gasteiger partial charge in [0.2, 0.25) is 11.8 Å². The summed E-state index contributed by atoms with van der Waals surface area (Å²) in [7, 11) is 0. The van der Waals surface area contributed by atoms with Gasteiger partial charge >= 0.3 is 0 Å². The number of hydrogen-bond donors (Lipinski definition) is 2. The highest BCUT2D eigenvalue weighted by molar-refractivity contribution is 6.09. The van der Waals surface area contributed by atoms with Crippen molar-refractivity contribution in [1.82, 2.24) is 10.3 Å². The van der Waals surface area contributed by atoms with Crippen LogP contribution < -0.4 is 11.3 Å². The van der Waals surface area contributed by atoms with Crippen molar-refractivity contribution in [2.75, 3.05) is 6.54 Å². The molecule has 6 heteroatoms. The monoisotopic (exact) mass is 261 g/mol. The van der Waals surface area contributed by atoms with E-state index in [9.17, 15) is 14.4 Å². The molecule has 0 bridgehead atoms. The largest absolute Gasteiger partial charge is 0.294 e. The maximum atomic E-state index is 12.2. The third-order valence-corrected chi connectivity index (χ3v) is 3.08. The van der Waals surface area contributed by atoms with E-state index in [0.29, 0.717) is 12.0 Å². The van der Waals surface area contributed by atoms with Crippen LogP contribution in [0.2, 0.25) is 0 Å². The highest BCUT2D eigenvalue weighted by atomic mass is 16.2. The van der Waals surface area contributed by atoms with E-state index in [4.69, 9.17) is 5.84 Å². The smallest absolute Gasteiger partial charge is 0.260 e. The van der Waals surface area contributed by atoms with Crippen molar-refractivity contribution in [3.63, 3.8) is 0 Å². The predicted octanol–water partition coefficient (Wildman–Crippen LogP) is -0.0184. The summed E-state index contributed by atoms with van der Waals surface area (Å²) in [5.74, 6) is 4.14. The van der Waals surface area contributed by atoms with Gasteiger partial charge < -0.3 is 0 Å². The van der Waals surface area contributed by atoms with Gasteiger partial charge in [0, 0.05) is 18.5 Å². The molecular formula is C13H15N3O3. The summed E-state index contributed by atoms with van der Waals surface area (Å²) < 4.78 is 0. The molecule has 0 unspecified atom stereocenters. The molecule has 0 radical (unpaired) electrons. The second-order valence-corrected chi connectivity index (χ2v) is 4.36. The molecule has 1 heterocycles. The molecule has 0 saturated carbocycles. The molecule has 3 amide bonds. The van der Waals surface area contributed by atoms with Crippen molar-refractivity contribution in [2.24, 2.45) is 5.84 Å². The number of rotatable bonds is 4. The van der Waals surface area contributed by atoms with Gasteiger partial charge in [-0.2, -0.15) is 0 Å². The molecule has 1 aromatic carbocycles. The Labute approximate surface area is 110 Å². The van der Waals surface area contributed by atoms with Gasteiger partial charge in [0.05, 0.1) is 6.42 Å². The molecular weight excluding hydrogens is 246 g/mol. The third kappa shape index (κ3) is 2.79. The van der Waals surface area contributed by atoms with Crippen molar-refractivity contribution in [3.8, 4) is 0 Å². The minimum Gasteiger partial charge on any atom is -0.294 e. The molecule has 1 aromatic rings. The second kappa shape index (κ2) is 5.62. The standard InChI is InChI=1S/C13H15N3O3/c14-15-11(17)6-3-7-16-12(18)8-9-4-1-2-5-10(9)13(16)19/h1-2,4-5H,3,6-8,14H2,(H,15,17). The van der Waals surface area contributed by atoms with Gasteiger partial charge in [-0.25, -0.2) is 5.84 Å². The summed E-state index contributed by atoms with van der Waals surface area (Å²) in [5.41, 5.74) is 3.33. The van der Waals surface area contributed by atoms with Crippen LogP contribution in [0.3, 0.4) is 0 Å². The fourth-order valence-corrected chi connectivity index (χ4v) is 2.10. The molecule has 6 nitrogen and oxygen atoms in total. The number of carbonyl (C=O) groups excluding carboxylic acids is 3. The van der Waals surface area contributed by atoms with E-state index in [2.05, 4.69) is 0 Å². The first-order valence-electron chi connectivity index (χ1n) is 6.05. The average molecular weight is 261 g/mol. The number of imide groups is 1. The molecule has 0 atom stereocenters. The van der Waals surface area contributed by atoms with Gasteiger partial charge in [-0.15, -0.1) is 0 Å². The number of benzene rings is 1. The average Bonchev–Trinajstić information content (AvgIpc) is 2.42. The van der Waals surface area contributed by atoms with Crippen LogP contribution >= 0.6 is 0 Å². The van der Waals surface area contributed by atoms with E-state index in [1.165, 1.54) is 4.90 Å². The molecule has 100 valence electrons. The molecule has 19 heavy (non-hydrogen) atoms. The van der Waals surface area contributed by atoms with Gasteiger partial charge in [0.1, 0.15) is 0 Å². The van der Waals surface area contributed by atoms with E-state index in [0.717, 1.165) is 5.56 Å². The third-order valence-electron chi connectivity index (χ3n) is 3.08. The van der Waals surface area contributed by atoms with Gasteiger partial charge in [-0.05, 0) is 18.1 Å². The summed E-state index contributed by atoms with van der Waals surface area (Å²) in [4.78, 5) is 36.2. The minimum atomic E-state index is -0.308. The van der Waals surface area contributed by atoms with Crippen LogP contribution in [-0.2, 0) is 16.0 Å². The van der Waals surface area contributed by atoms with Crippen LogP contribution in [0.5, 0.6) is 0 Å². The lowest BCUT2D eigenvalue weighted by molar-refractivity contribution is -0.129. The van der Waals surface area contributed by atoms with Gasteiger partial charge in [0.25, 0.3) is 5.91 Å². The first-order valence-corrected chi connectivity index (χ1v) is 6.05. The minimum absolute atomic E-state index is 0.190. The zero-order valence-corrected chi connectivity index (χ0v) is 10.4. The SMILES string of the molecule is NNC(=O)CCCN1C(=O)Cc2ccccc2C1=O. The lowest BCUT2D eigenvalue weighted by Crippen LogP contribution is -2.43. The molecule has 0 fully saturated rings. The Morgan fingerprint density at radius 3 is 2.79 bits per heavy atom. The van der Waals surface area contributed by atoms with Gasteiger partial charge in [0.15, 0.2) is 0 Å². The number of nitrogens with two attached hydrogens (primary N) is 1. The fraction of sp³-hybridized carbons (Fsp3) is 0.308. The zero-order chi connectivity index (χ0) is 13.8. The molecule has 0 saturated heterocycles. The summed E-state index contributed by atoms with van der Waals surface area (Å²) in [5, 5.41) is 0. The number of nitrogens with zero attached hydrogens (tertiary/aromatic N) is 1. The quantitative estimate of drug-likeness (QED) is 0.345. The number of amides is 3. The van der Waals surface area contributed by atoms with E-state index in [-0.39, 0.29) is 37.1 Å². The van der Waals surface area contributed by atoms with Gasteiger partial charge in [-0.3, -0.25) is 24.7 Å². The Morgan fingerprint density at radius 2 is 2.05 bits per heavy atom. The summed E-state index contributed by atoms with van der Waals surface area (Å²) in [6.07, 6.45) is 0.822. The molecule has 1 aliphatic heterocycles. The topological polar surface area (TPSA) is 92.5 Å². The van der Waals surface area contributed by atoms with Crippen molar-refractivity contribution in [3.05, 3.63) is 35.4 Å². The first-order chi connectivity index (χ1) is 9.13. The molecule has 0 aromatic heterocycles. The van der Waals surface area contributed by atoms with Crippen LogP contribution in [0.1, 0.15) is 28.8 Å². The Kier molecular flexibility index (Phi) is 3.91. The van der Waals surface area contributed by atoms with Crippen molar-refractivity contribution in [2.45, 2.75) is 19.3 Å². The molecule has 0 aliphatic carbocycles. The van der Waals surface area contributed by atoms with E-state index in [1.807, 2.05) is 5.43 Å². The van der Waals surface area contributed by atoms with E-state index in [1.54, 1.807) is 24.3 Å². The lowest BCUT2D eigenvalue weighted by atomic mass is 9.98. The van der Waals surface area contributed by atoms with Crippen molar-refractivity contribution >= 4 is 17.7 Å². The number of hydrogen-bond acceptors (Lipinski definition) is 4. The highest BCUT2D eigenvalue weighted by Gasteiger charge is 2.29. The van der Waals surface area contributed by atoms with E-state index < -0.39 is 0 Å². The van der Waals surface area contributed by atoms with Crippen molar-refractivity contribution < 1.29 is 14.4 Å². The summed E-state index contributed by atoms with van der Waals surface area (Å²) in [6, 6.07) is 7.07. The highest BCUT2D eigenvalue weighted by Crippen LogP contribution is 2.19. The first kappa shape index (κ1) is 13.2. The Balaban J connectivity index is 2.05. The van der Waals surface area contributed by atoms with Crippen LogP contribution in [0, 0.1) is 0 Å². The van der Waals surface area contributed by atoms with Gasteiger partial charge in [-0.1, -0.05) is 18.2 Å². The Hall–Kier alpha value is -2.21. The summed E-state index contributed by atoms with van der Waals surface area (Å²) >= 11 is 0. The molecule has 3 N–H and O–H groups in total. The zero-order valence-electron chi connectivity index (χ0n) is 10.4. The maximum Gasteiger partial charge on any atom is 0.260 e. The Morgan fingerprint density at radius 1 is 1.32 bits per heavy atom. The number of hydrazine groups is 1. The Bertz CT molecular complexity index is 528. The number of nitrogens with one attached hydrogen (secondary N) is 1. The van der Waals surface area contributed by atoms with E-state index >= 15 is 0 Å². The van der Waals surface area contributed by atoms with Crippen LogP contribution in [-0.4, -0.2) is 29.2 Å². The molecule has 0 spiro atoms. The predicted molar refractivity (Wildman–Crippen MR) is 67.8 cm³/mol. The number of fused-ring (bicyclic) bond motifs is 1. The molecule has 2 rings (SSSR count). The van der Waals surface area contributed by atoms with Crippen molar-refractivity contribution in [1.29, 1.82) is 0 Å². The second-order valence-electron chi connectivity index (χ2n) is 4.36. The fourth-order valence-electron chi connectivity index (χ4n) is 2.10.